The molecule has 3 heteroatoms. The van der Waals surface area contributed by atoms with Gasteiger partial charge in [0.15, 0.2) is 0 Å². The minimum Gasteiger partial charge on any atom is -0.380 e. The van der Waals surface area contributed by atoms with Gasteiger partial charge in [0.1, 0.15) is 14.2 Å². The van der Waals surface area contributed by atoms with Crippen molar-refractivity contribution in [3.63, 3.8) is 0 Å². The fraction of sp³-hybridized carbons (Fsp3) is 0.789. The SMILES string of the molecule is C/C=C1\CO[C@@H]2CCC(C)(C)[C@@H]([C@H](O)C#C[Si](C)(C)C)[C@]12C. The minimum atomic E-state index is -1.48. The first-order chi connectivity index (χ1) is 10.0. The lowest BCUT2D eigenvalue weighted by Gasteiger charge is -2.53. The van der Waals surface area contributed by atoms with Gasteiger partial charge >= 0.3 is 0 Å². The van der Waals surface area contributed by atoms with E-state index in [0.29, 0.717) is 6.61 Å². The molecule has 0 amide bonds. The van der Waals surface area contributed by atoms with Gasteiger partial charge in [0, 0.05) is 11.3 Å². The van der Waals surface area contributed by atoms with Crippen LogP contribution in [0.25, 0.3) is 0 Å². The highest BCUT2D eigenvalue weighted by Crippen LogP contribution is 2.59. The Kier molecular flexibility index (Phi) is 4.70. The standard InChI is InChI=1S/C19H32O2Si/c1-8-14-13-21-16-9-11-18(2,3)17(19(14,16)4)15(20)10-12-22(5,6)7/h8,15-17,20H,9,11,13H2,1-7H3/b14-8+/t15-,16-,17-,19-/m1/s1. The van der Waals surface area contributed by atoms with Crippen molar-refractivity contribution in [2.75, 3.05) is 6.61 Å². The van der Waals surface area contributed by atoms with E-state index in [2.05, 4.69) is 64.9 Å². The van der Waals surface area contributed by atoms with Gasteiger partial charge in [-0.05, 0) is 30.8 Å². The summed E-state index contributed by atoms with van der Waals surface area (Å²) in [5.41, 5.74) is 4.68. The summed E-state index contributed by atoms with van der Waals surface area (Å²) in [6.07, 6.45) is 3.99. The summed E-state index contributed by atoms with van der Waals surface area (Å²) in [4.78, 5) is 0. The van der Waals surface area contributed by atoms with Gasteiger partial charge in [-0.2, -0.15) is 0 Å². The van der Waals surface area contributed by atoms with Crippen LogP contribution in [-0.2, 0) is 4.74 Å². The highest BCUT2D eigenvalue weighted by Gasteiger charge is 2.58. The van der Waals surface area contributed by atoms with Gasteiger partial charge in [0.2, 0.25) is 0 Å². The fourth-order valence-corrected chi connectivity index (χ4v) is 5.08. The van der Waals surface area contributed by atoms with Gasteiger partial charge < -0.3 is 9.84 Å². The first-order valence-electron chi connectivity index (χ1n) is 8.50. The maximum absolute atomic E-state index is 11.0. The Hall–Kier alpha value is -0.563. The van der Waals surface area contributed by atoms with E-state index in [0.717, 1.165) is 12.8 Å². The zero-order chi connectivity index (χ0) is 16.8. The van der Waals surface area contributed by atoms with Gasteiger partial charge in [-0.25, -0.2) is 0 Å². The van der Waals surface area contributed by atoms with Gasteiger partial charge in [-0.15, -0.1) is 5.54 Å². The van der Waals surface area contributed by atoms with Crippen LogP contribution in [0.2, 0.25) is 19.6 Å². The predicted molar refractivity (Wildman–Crippen MR) is 95.2 cm³/mol. The molecule has 1 N–H and O–H groups in total. The van der Waals surface area contributed by atoms with E-state index in [-0.39, 0.29) is 22.9 Å². The minimum absolute atomic E-state index is 0.0702. The highest BCUT2D eigenvalue weighted by atomic mass is 28.3. The quantitative estimate of drug-likeness (QED) is 0.449. The molecule has 0 radical (unpaired) electrons. The zero-order valence-corrected chi connectivity index (χ0v) is 16.3. The number of aliphatic hydroxyl groups excluding tert-OH is 1. The Labute approximate surface area is 137 Å². The smallest absolute Gasteiger partial charge is 0.129 e. The summed E-state index contributed by atoms with van der Waals surface area (Å²) in [5, 5.41) is 11.0. The number of ether oxygens (including phenoxy) is 1. The van der Waals surface area contributed by atoms with Crippen molar-refractivity contribution in [2.45, 2.75) is 72.4 Å². The molecule has 4 atom stereocenters. The molecule has 1 heterocycles. The monoisotopic (exact) mass is 320 g/mol. The molecular weight excluding hydrogens is 288 g/mol. The second-order valence-electron chi connectivity index (χ2n) is 8.87. The molecule has 2 rings (SSSR count). The van der Waals surface area contributed by atoms with Crippen LogP contribution in [0.1, 0.15) is 40.5 Å². The summed E-state index contributed by atoms with van der Waals surface area (Å²) in [6, 6.07) is 0. The first kappa shape index (κ1) is 17.8. The van der Waals surface area contributed by atoms with Crippen molar-refractivity contribution < 1.29 is 9.84 Å². The Balaban J connectivity index is 2.44. The first-order valence-corrected chi connectivity index (χ1v) is 12.0. The van der Waals surface area contributed by atoms with Crippen LogP contribution in [0.4, 0.5) is 0 Å². The van der Waals surface area contributed by atoms with Crippen LogP contribution in [0.3, 0.4) is 0 Å². The molecule has 2 nitrogen and oxygen atoms in total. The molecular formula is C19H32O2Si. The zero-order valence-electron chi connectivity index (χ0n) is 15.3. The van der Waals surface area contributed by atoms with Crippen LogP contribution in [0, 0.1) is 28.2 Å². The van der Waals surface area contributed by atoms with E-state index in [1.165, 1.54) is 5.57 Å². The van der Waals surface area contributed by atoms with E-state index in [9.17, 15) is 5.11 Å². The molecule has 0 aromatic heterocycles. The summed E-state index contributed by atoms with van der Waals surface area (Å²) in [7, 11) is -1.48. The van der Waals surface area contributed by atoms with E-state index < -0.39 is 14.2 Å². The van der Waals surface area contributed by atoms with Crippen LogP contribution in [0.15, 0.2) is 11.6 Å². The maximum Gasteiger partial charge on any atom is 0.129 e. The molecule has 2 aliphatic rings. The van der Waals surface area contributed by atoms with E-state index >= 15 is 0 Å². The summed E-state index contributed by atoms with van der Waals surface area (Å²) in [5.74, 6) is 3.34. The molecule has 0 unspecified atom stereocenters. The lowest BCUT2D eigenvalue weighted by atomic mass is 9.52. The molecule has 22 heavy (non-hydrogen) atoms. The number of hydrogen-bond acceptors (Lipinski definition) is 2. The number of fused-ring (bicyclic) bond motifs is 1. The highest BCUT2D eigenvalue weighted by molar-refractivity contribution is 6.83. The molecule has 1 saturated heterocycles. The summed E-state index contributed by atoms with van der Waals surface area (Å²) >= 11 is 0. The molecule has 0 aromatic rings. The molecule has 0 aromatic carbocycles. The predicted octanol–water partition coefficient (Wildman–Crippen LogP) is 4.02. The van der Waals surface area contributed by atoms with Crippen LogP contribution in [-0.4, -0.2) is 32.0 Å². The Morgan fingerprint density at radius 2 is 1.95 bits per heavy atom. The maximum atomic E-state index is 11.0. The molecule has 1 aliphatic carbocycles. The Morgan fingerprint density at radius 1 is 1.32 bits per heavy atom. The fourth-order valence-electron chi connectivity index (χ4n) is 4.50. The van der Waals surface area contributed by atoms with Gasteiger partial charge in [-0.3, -0.25) is 0 Å². The topological polar surface area (TPSA) is 29.5 Å². The van der Waals surface area contributed by atoms with Crippen molar-refractivity contribution in [1.82, 2.24) is 0 Å². The molecule has 0 bridgehead atoms. The lowest BCUT2D eigenvalue weighted by Crippen LogP contribution is -2.53. The van der Waals surface area contributed by atoms with E-state index in [4.69, 9.17) is 4.74 Å². The van der Waals surface area contributed by atoms with Crippen molar-refractivity contribution >= 4 is 8.07 Å². The van der Waals surface area contributed by atoms with Crippen molar-refractivity contribution in [3.05, 3.63) is 11.6 Å². The Morgan fingerprint density at radius 3 is 2.50 bits per heavy atom. The van der Waals surface area contributed by atoms with E-state index in [1.54, 1.807) is 0 Å². The average Bonchev–Trinajstić information content (AvgIpc) is 2.70. The summed E-state index contributed by atoms with van der Waals surface area (Å²) < 4.78 is 6.06. The summed E-state index contributed by atoms with van der Waals surface area (Å²) in [6.45, 7) is 16.3. The van der Waals surface area contributed by atoms with Crippen LogP contribution >= 0.6 is 0 Å². The third-order valence-corrected chi connectivity index (χ3v) is 6.49. The van der Waals surface area contributed by atoms with Gasteiger partial charge in [-0.1, -0.05) is 52.4 Å². The third-order valence-electron chi connectivity index (χ3n) is 5.60. The average molecular weight is 321 g/mol. The number of aliphatic hydroxyl groups is 1. The molecule has 1 saturated carbocycles. The number of rotatable bonds is 1. The van der Waals surface area contributed by atoms with Crippen LogP contribution in [0.5, 0.6) is 0 Å². The Bertz CT molecular complexity index is 518. The molecule has 0 spiro atoms. The third kappa shape index (κ3) is 3.06. The number of allylic oxidation sites excluding steroid dienone is 1. The normalized spacial score (nSPS) is 37.4. The van der Waals surface area contributed by atoms with E-state index in [1.807, 2.05) is 0 Å². The molecule has 124 valence electrons. The number of hydrogen-bond donors (Lipinski definition) is 1. The second kappa shape index (κ2) is 5.82. The second-order valence-corrected chi connectivity index (χ2v) is 13.6. The van der Waals surface area contributed by atoms with Gasteiger partial charge in [0.05, 0.1) is 12.7 Å². The largest absolute Gasteiger partial charge is 0.380 e. The van der Waals surface area contributed by atoms with Gasteiger partial charge in [0.25, 0.3) is 0 Å². The molecule has 2 fully saturated rings. The van der Waals surface area contributed by atoms with Crippen molar-refractivity contribution in [2.24, 2.45) is 16.7 Å². The molecule has 1 aliphatic heterocycles. The van der Waals surface area contributed by atoms with Crippen molar-refractivity contribution in [3.8, 4) is 11.5 Å². The van der Waals surface area contributed by atoms with Crippen molar-refractivity contribution in [1.29, 1.82) is 0 Å². The lowest BCUT2D eigenvalue weighted by molar-refractivity contribution is -0.0955. The van der Waals surface area contributed by atoms with Crippen LogP contribution < -0.4 is 0 Å².